The molecule has 0 N–H and O–H groups in total. The Balaban J connectivity index is 1.11. The van der Waals surface area contributed by atoms with Gasteiger partial charge in [0.05, 0.1) is 16.8 Å². The molecule has 0 atom stereocenters. The van der Waals surface area contributed by atoms with E-state index in [2.05, 4.69) is 157 Å². The number of rotatable bonds is 4. The van der Waals surface area contributed by atoms with Crippen LogP contribution in [0.25, 0.3) is 66.2 Å². The summed E-state index contributed by atoms with van der Waals surface area (Å²) in [4.78, 5) is 12.7. The van der Waals surface area contributed by atoms with Crippen molar-refractivity contribution in [1.29, 1.82) is 0 Å². The van der Waals surface area contributed by atoms with E-state index in [0.717, 1.165) is 33.9 Å². The molecule has 1 spiro atoms. The maximum absolute atomic E-state index is 5.10. The Morgan fingerprint density at radius 3 is 1.64 bits per heavy atom. The Labute approximate surface area is 316 Å². The SMILES string of the molecule is c1ccc(-c2cc(-c3ccc(-c4cc5c(c6ccsc46)-c4ccccc4C54c5ccccc5Sc5ccccc54)cc3)nc(-c3ccccc3)n2)cc1. The second-order valence-electron chi connectivity index (χ2n) is 13.7. The molecule has 0 amide bonds. The third kappa shape index (κ3) is 4.59. The fourth-order valence-corrected chi connectivity index (χ4v) is 10.7. The van der Waals surface area contributed by atoms with Crippen LogP contribution in [0.5, 0.6) is 0 Å². The zero-order valence-electron chi connectivity index (χ0n) is 28.5. The Morgan fingerprint density at radius 2 is 0.962 bits per heavy atom. The van der Waals surface area contributed by atoms with Crippen LogP contribution in [0.2, 0.25) is 0 Å². The van der Waals surface area contributed by atoms with Crippen LogP contribution in [-0.2, 0) is 5.41 Å². The third-order valence-electron chi connectivity index (χ3n) is 10.9. The number of hydrogen-bond donors (Lipinski definition) is 0. The predicted octanol–water partition coefficient (Wildman–Crippen LogP) is 13.2. The number of thiophene rings is 1. The molecule has 0 bridgehead atoms. The van der Waals surface area contributed by atoms with Crippen LogP contribution >= 0.6 is 23.1 Å². The third-order valence-corrected chi connectivity index (χ3v) is 13.0. The first-order valence-electron chi connectivity index (χ1n) is 17.9. The smallest absolute Gasteiger partial charge is 0.160 e. The molecule has 2 nitrogen and oxygen atoms in total. The van der Waals surface area contributed by atoms with Crippen LogP contribution in [-0.4, -0.2) is 9.97 Å². The molecule has 0 radical (unpaired) electrons. The first-order valence-corrected chi connectivity index (χ1v) is 19.6. The summed E-state index contributed by atoms with van der Waals surface area (Å²) in [6.45, 7) is 0. The lowest BCUT2D eigenvalue weighted by molar-refractivity contribution is 0.723. The van der Waals surface area contributed by atoms with Gasteiger partial charge < -0.3 is 0 Å². The Bertz CT molecular complexity index is 2750. The van der Waals surface area contributed by atoms with Crippen molar-refractivity contribution in [1.82, 2.24) is 9.97 Å². The summed E-state index contributed by atoms with van der Waals surface area (Å²) in [5.74, 6) is 0.723. The highest BCUT2D eigenvalue weighted by molar-refractivity contribution is 7.99. The summed E-state index contributed by atoms with van der Waals surface area (Å²) in [7, 11) is 0. The van der Waals surface area contributed by atoms with Gasteiger partial charge in [0, 0.05) is 36.6 Å². The molecule has 53 heavy (non-hydrogen) atoms. The molecule has 0 saturated heterocycles. The van der Waals surface area contributed by atoms with E-state index in [-0.39, 0.29) is 0 Å². The number of hydrogen-bond acceptors (Lipinski definition) is 4. The summed E-state index contributed by atoms with van der Waals surface area (Å²) in [5.41, 5.74) is 15.1. The normalized spacial score (nSPS) is 13.4. The van der Waals surface area contributed by atoms with Gasteiger partial charge in [0.2, 0.25) is 0 Å². The summed E-state index contributed by atoms with van der Waals surface area (Å²) in [6.07, 6.45) is 0. The lowest BCUT2D eigenvalue weighted by atomic mass is 9.67. The Morgan fingerprint density at radius 1 is 0.415 bits per heavy atom. The van der Waals surface area contributed by atoms with Gasteiger partial charge in [-0.15, -0.1) is 11.3 Å². The van der Waals surface area contributed by atoms with Crippen molar-refractivity contribution in [3.8, 4) is 56.2 Å². The summed E-state index contributed by atoms with van der Waals surface area (Å²) in [6, 6.07) is 63.7. The van der Waals surface area contributed by atoms with E-state index >= 15 is 0 Å². The van der Waals surface area contributed by atoms with Gasteiger partial charge in [-0.05, 0) is 80.2 Å². The minimum Gasteiger partial charge on any atom is -0.228 e. The van der Waals surface area contributed by atoms with Gasteiger partial charge in [0.15, 0.2) is 5.82 Å². The Kier molecular flexibility index (Phi) is 6.91. The van der Waals surface area contributed by atoms with Crippen molar-refractivity contribution in [3.63, 3.8) is 0 Å². The van der Waals surface area contributed by atoms with Gasteiger partial charge in [-0.2, -0.15) is 0 Å². The first kappa shape index (κ1) is 30.5. The quantitative estimate of drug-likeness (QED) is 0.182. The fourth-order valence-electron chi connectivity index (χ4n) is 8.58. The number of benzene rings is 7. The largest absolute Gasteiger partial charge is 0.228 e. The molecule has 7 aromatic carbocycles. The molecule has 4 heteroatoms. The van der Waals surface area contributed by atoms with E-state index in [4.69, 9.17) is 9.97 Å². The van der Waals surface area contributed by atoms with E-state index in [1.807, 2.05) is 47.4 Å². The molecule has 11 rings (SSSR count). The highest BCUT2D eigenvalue weighted by Crippen LogP contribution is 2.64. The van der Waals surface area contributed by atoms with Crippen LogP contribution in [0.4, 0.5) is 0 Å². The average molecular weight is 711 g/mol. The van der Waals surface area contributed by atoms with Crippen LogP contribution in [0, 0.1) is 0 Å². The Hall–Kier alpha value is -6.07. The van der Waals surface area contributed by atoms with Gasteiger partial charge in [-0.1, -0.05) is 157 Å². The van der Waals surface area contributed by atoms with Crippen molar-refractivity contribution < 1.29 is 0 Å². The van der Waals surface area contributed by atoms with Gasteiger partial charge in [-0.3, -0.25) is 0 Å². The minimum absolute atomic E-state index is 0.419. The summed E-state index contributed by atoms with van der Waals surface area (Å²) in [5, 5.41) is 3.58. The molecule has 0 fully saturated rings. The second-order valence-corrected chi connectivity index (χ2v) is 15.7. The van der Waals surface area contributed by atoms with E-state index < -0.39 is 5.41 Å². The van der Waals surface area contributed by atoms with E-state index in [0.29, 0.717) is 0 Å². The van der Waals surface area contributed by atoms with Crippen LogP contribution < -0.4 is 0 Å². The predicted molar refractivity (Wildman–Crippen MR) is 221 cm³/mol. The monoisotopic (exact) mass is 710 g/mol. The molecule has 3 heterocycles. The van der Waals surface area contributed by atoms with Crippen molar-refractivity contribution >= 4 is 33.2 Å². The molecule has 248 valence electrons. The van der Waals surface area contributed by atoms with Crippen molar-refractivity contribution in [2.45, 2.75) is 15.2 Å². The minimum atomic E-state index is -0.419. The molecule has 2 aromatic heterocycles. The van der Waals surface area contributed by atoms with Gasteiger partial charge in [0.25, 0.3) is 0 Å². The highest BCUT2D eigenvalue weighted by atomic mass is 32.2. The number of aromatic nitrogens is 2. The molecule has 0 unspecified atom stereocenters. The van der Waals surface area contributed by atoms with Crippen LogP contribution in [0.15, 0.2) is 191 Å². The summed E-state index contributed by atoms with van der Waals surface area (Å²) >= 11 is 3.72. The lowest BCUT2D eigenvalue weighted by Gasteiger charge is -2.39. The second kappa shape index (κ2) is 12.0. The molecule has 1 aliphatic carbocycles. The van der Waals surface area contributed by atoms with Crippen LogP contribution in [0.3, 0.4) is 0 Å². The zero-order chi connectivity index (χ0) is 34.9. The zero-order valence-corrected chi connectivity index (χ0v) is 30.2. The molecular weight excluding hydrogens is 681 g/mol. The molecule has 9 aromatic rings. The lowest BCUT2D eigenvalue weighted by Crippen LogP contribution is -2.31. The number of fused-ring (bicyclic) bond motifs is 11. The van der Waals surface area contributed by atoms with Crippen molar-refractivity contribution in [2.75, 3.05) is 0 Å². The standard InChI is InChI=1S/C49H30N2S2/c1-3-13-32(14-4-1)42-30-43(51-48(50-42)34-15-5-2-6-16-34)33-25-23-31(24-26-33)37-29-41-46(36-27-28-52-47(36)37)35-17-7-8-18-38(35)49(41)39-19-9-11-21-44(39)53-45-22-12-10-20-40(45)49/h1-30H. The van der Waals surface area contributed by atoms with Crippen LogP contribution in [0.1, 0.15) is 22.3 Å². The van der Waals surface area contributed by atoms with E-state index in [9.17, 15) is 0 Å². The molecular formula is C49H30N2S2. The maximum Gasteiger partial charge on any atom is 0.160 e. The molecule has 1 aliphatic heterocycles. The average Bonchev–Trinajstić information content (AvgIpc) is 3.83. The van der Waals surface area contributed by atoms with Gasteiger partial charge in [-0.25, -0.2) is 9.97 Å². The van der Waals surface area contributed by atoms with E-state index in [1.54, 1.807) is 0 Å². The highest BCUT2D eigenvalue weighted by Gasteiger charge is 2.50. The number of nitrogens with zero attached hydrogens (tertiary/aromatic N) is 2. The maximum atomic E-state index is 5.10. The molecule has 2 aliphatic rings. The molecule has 0 saturated carbocycles. The summed E-state index contributed by atoms with van der Waals surface area (Å²) < 4.78 is 1.31. The first-order chi connectivity index (χ1) is 26.3. The van der Waals surface area contributed by atoms with Gasteiger partial charge >= 0.3 is 0 Å². The van der Waals surface area contributed by atoms with Gasteiger partial charge in [0.1, 0.15) is 0 Å². The van der Waals surface area contributed by atoms with E-state index in [1.165, 1.54) is 64.4 Å². The fraction of sp³-hybridized carbons (Fsp3) is 0.0204. The van der Waals surface area contributed by atoms with Crippen molar-refractivity contribution in [3.05, 3.63) is 204 Å². The topological polar surface area (TPSA) is 25.8 Å². The van der Waals surface area contributed by atoms with Crippen molar-refractivity contribution in [2.24, 2.45) is 0 Å².